The molecule has 0 saturated heterocycles. The molecule has 0 heterocycles. The minimum atomic E-state index is -0.512. The molecule has 0 unspecified atom stereocenters. The lowest BCUT2D eigenvalue weighted by molar-refractivity contribution is -0.150. The predicted molar refractivity (Wildman–Crippen MR) is 120 cm³/mol. The number of aromatic hydroxyl groups is 1. The summed E-state index contributed by atoms with van der Waals surface area (Å²) < 4.78 is 11.7. The van der Waals surface area contributed by atoms with Crippen molar-refractivity contribution in [1.29, 1.82) is 0 Å². The standard InChI is InChI=1S/C26H36O5/c1-3-19-7-6-8-21(25(30-18(2)27)17-22(28)13-11-19)15-20-12-14-24(29)26(16-20)31-23-9-4-5-10-23/h12,14,16,19,21-23,25,28-29H,3-5,8-11,13,15,17H2,1-2H3/t19-,21+,22-,25-/m0/s1. The number of aliphatic hydroxyl groups excluding tert-OH is 1. The largest absolute Gasteiger partial charge is 0.504 e. The lowest BCUT2D eigenvalue weighted by Crippen LogP contribution is -2.32. The Bertz CT molecular complexity index is 787. The Morgan fingerprint density at radius 2 is 1.97 bits per heavy atom. The van der Waals surface area contributed by atoms with E-state index >= 15 is 0 Å². The number of carbonyl (C=O) groups excluding carboxylic acids is 1. The van der Waals surface area contributed by atoms with Crippen molar-refractivity contribution < 1.29 is 24.5 Å². The quantitative estimate of drug-likeness (QED) is 0.504. The van der Waals surface area contributed by atoms with E-state index in [1.165, 1.54) is 6.92 Å². The summed E-state index contributed by atoms with van der Waals surface area (Å²) in [5.41, 5.74) is 1.01. The maximum Gasteiger partial charge on any atom is 0.302 e. The van der Waals surface area contributed by atoms with Crippen LogP contribution < -0.4 is 4.74 Å². The molecule has 4 atom stereocenters. The van der Waals surface area contributed by atoms with Gasteiger partial charge >= 0.3 is 5.97 Å². The van der Waals surface area contributed by atoms with Crippen molar-refractivity contribution in [3.63, 3.8) is 0 Å². The number of esters is 1. The van der Waals surface area contributed by atoms with Gasteiger partial charge < -0.3 is 19.7 Å². The fraction of sp³-hybridized carbons (Fsp3) is 0.654. The van der Waals surface area contributed by atoms with Gasteiger partial charge in [0.05, 0.1) is 12.2 Å². The molecule has 1 aromatic rings. The summed E-state index contributed by atoms with van der Waals surface area (Å²) in [6, 6.07) is 5.46. The van der Waals surface area contributed by atoms with Crippen LogP contribution in [0.4, 0.5) is 0 Å². The second-order valence-corrected chi connectivity index (χ2v) is 9.04. The molecule has 2 aliphatic carbocycles. The zero-order valence-corrected chi connectivity index (χ0v) is 18.8. The first-order valence-corrected chi connectivity index (χ1v) is 11.8. The summed E-state index contributed by atoms with van der Waals surface area (Å²) in [5.74, 6) is 7.27. The van der Waals surface area contributed by atoms with Gasteiger partial charge in [-0.1, -0.05) is 18.9 Å². The smallest absolute Gasteiger partial charge is 0.302 e. The normalized spacial score (nSPS) is 27.2. The molecule has 5 heteroatoms. The van der Waals surface area contributed by atoms with Crippen LogP contribution in [0.5, 0.6) is 11.5 Å². The third-order valence-electron chi connectivity index (χ3n) is 6.48. The number of hydrogen-bond acceptors (Lipinski definition) is 5. The molecule has 170 valence electrons. The minimum absolute atomic E-state index is 0.0365. The SMILES string of the molecule is CC[C@H]1C#CC[C@H](Cc2ccc(O)c(OC3CCCC3)c2)[C@@H](OC(C)=O)C[C@@H](O)CC1. The molecule has 3 rings (SSSR count). The highest BCUT2D eigenvalue weighted by Gasteiger charge is 2.28. The predicted octanol–water partition coefficient (Wildman–Crippen LogP) is 4.77. The average Bonchev–Trinajstić information content (AvgIpc) is 3.24. The van der Waals surface area contributed by atoms with Crippen LogP contribution in [0.15, 0.2) is 18.2 Å². The highest BCUT2D eigenvalue weighted by molar-refractivity contribution is 5.66. The number of ether oxygens (including phenoxy) is 2. The highest BCUT2D eigenvalue weighted by atomic mass is 16.5. The third-order valence-corrected chi connectivity index (χ3v) is 6.48. The van der Waals surface area contributed by atoms with Gasteiger partial charge in [0.25, 0.3) is 0 Å². The number of aliphatic hydroxyl groups is 1. The Morgan fingerprint density at radius 3 is 2.68 bits per heavy atom. The average molecular weight is 429 g/mol. The Balaban J connectivity index is 1.81. The van der Waals surface area contributed by atoms with Crippen LogP contribution in [0.25, 0.3) is 0 Å². The van der Waals surface area contributed by atoms with Gasteiger partial charge in [-0.05, 0) is 69.1 Å². The number of hydrogen-bond donors (Lipinski definition) is 2. The Morgan fingerprint density at radius 1 is 1.19 bits per heavy atom. The van der Waals surface area contributed by atoms with E-state index < -0.39 is 12.2 Å². The number of rotatable bonds is 6. The minimum Gasteiger partial charge on any atom is -0.504 e. The van der Waals surface area contributed by atoms with Crippen molar-refractivity contribution >= 4 is 5.97 Å². The van der Waals surface area contributed by atoms with Crippen molar-refractivity contribution in [2.45, 2.75) is 96.4 Å². The van der Waals surface area contributed by atoms with E-state index in [1.807, 2.05) is 12.1 Å². The van der Waals surface area contributed by atoms with Gasteiger partial charge in [-0.15, -0.1) is 5.92 Å². The molecule has 0 aliphatic heterocycles. The number of phenolic OH excluding ortho intramolecular Hbond substituents is 1. The number of benzene rings is 1. The summed E-state index contributed by atoms with van der Waals surface area (Å²) in [4.78, 5) is 11.8. The topological polar surface area (TPSA) is 76.0 Å². The van der Waals surface area contributed by atoms with Crippen LogP contribution in [-0.2, 0) is 16.0 Å². The van der Waals surface area contributed by atoms with Crippen molar-refractivity contribution in [2.75, 3.05) is 0 Å². The first kappa shape index (κ1) is 23.5. The van der Waals surface area contributed by atoms with Crippen LogP contribution in [0, 0.1) is 23.7 Å². The lowest BCUT2D eigenvalue weighted by atomic mass is 9.85. The second kappa shape index (κ2) is 11.4. The molecule has 2 aliphatic rings. The first-order valence-electron chi connectivity index (χ1n) is 11.8. The summed E-state index contributed by atoms with van der Waals surface area (Å²) in [6.45, 7) is 3.54. The van der Waals surface area contributed by atoms with Crippen LogP contribution in [0.2, 0.25) is 0 Å². The van der Waals surface area contributed by atoms with E-state index in [0.717, 1.165) is 44.1 Å². The lowest BCUT2D eigenvalue weighted by Gasteiger charge is -2.29. The van der Waals surface area contributed by atoms with Gasteiger partial charge in [0, 0.05) is 31.6 Å². The second-order valence-electron chi connectivity index (χ2n) is 9.04. The molecule has 1 saturated carbocycles. The fourth-order valence-corrected chi connectivity index (χ4v) is 4.65. The van der Waals surface area contributed by atoms with E-state index in [-0.39, 0.29) is 23.7 Å². The molecule has 1 fully saturated rings. The van der Waals surface area contributed by atoms with Gasteiger partial charge in [0.1, 0.15) is 6.10 Å². The summed E-state index contributed by atoms with van der Waals surface area (Å²) in [7, 11) is 0. The molecule has 0 aromatic heterocycles. The Hall–Kier alpha value is -2.19. The van der Waals surface area contributed by atoms with Gasteiger partial charge in [0.15, 0.2) is 11.5 Å². The monoisotopic (exact) mass is 428 g/mol. The van der Waals surface area contributed by atoms with Crippen molar-refractivity contribution in [3.8, 4) is 23.3 Å². The van der Waals surface area contributed by atoms with Gasteiger partial charge in [0.2, 0.25) is 0 Å². The van der Waals surface area contributed by atoms with Crippen LogP contribution in [-0.4, -0.2) is 34.5 Å². The maximum absolute atomic E-state index is 11.8. The van der Waals surface area contributed by atoms with Crippen LogP contribution in [0.3, 0.4) is 0 Å². The molecular formula is C26H36O5. The maximum atomic E-state index is 11.8. The van der Waals surface area contributed by atoms with Gasteiger partial charge in [-0.25, -0.2) is 0 Å². The van der Waals surface area contributed by atoms with Crippen molar-refractivity contribution in [1.82, 2.24) is 0 Å². The van der Waals surface area contributed by atoms with E-state index in [2.05, 4.69) is 18.8 Å². The van der Waals surface area contributed by atoms with Gasteiger partial charge in [-0.2, -0.15) is 0 Å². The molecule has 5 nitrogen and oxygen atoms in total. The molecule has 1 aromatic carbocycles. The molecule has 0 bridgehead atoms. The number of carbonyl (C=O) groups is 1. The summed E-state index contributed by atoms with van der Waals surface area (Å²) in [6.07, 6.45) is 7.78. The number of phenols is 1. The van der Waals surface area contributed by atoms with E-state index in [4.69, 9.17) is 9.47 Å². The van der Waals surface area contributed by atoms with Gasteiger partial charge in [-0.3, -0.25) is 4.79 Å². The summed E-state index contributed by atoms with van der Waals surface area (Å²) >= 11 is 0. The molecule has 2 N–H and O–H groups in total. The summed E-state index contributed by atoms with van der Waals surface area (Å²) in [5, 5.41) is 20.8. The van der Waals surface area contributed by atoms with Crippen molar-refractivity contribution in [3.05, 3.63) is 23.8 Å². The first-order chi connectivity index (χ1) is 14.9. The molecular weight excluding hydrogens is 392 g/mol. The zero-order valence-electron chi connectivity index (χ0n) is 18.8. The fourth-order valence-electron chi connectivity index (χ4n) is 4.65. The molecule has 31 heavy (non-hydrogen) atoms. The van der Waals surface area contributed by atoms with E-state index in [0.29, 0.717) is 37.4 Å². The molecule has 0 spiro atoms. The Kier molecular flexibility index (Phi) is 8.66. The molecule has 0 radical (unpaired) electrons. The van der Waals surface area contributed by atoms with E-state index in [1.54, 1.807) is 6.07 Å². The highest BCUT2D eigenvalue weighted by Crippen LogP contribution is 2.33. The van der Waals surface area contributed by atoms with Crippen molar-refractivity contribution in [2.24, 2.45) is 11.8 Å². The van der Waals surface area contributed by atoms with Crippen LogP contribution in [0.1, 0.15) is 77.2 Å². The van der Waals surface area contributed by atoms with Crippen LogP contribution >= 0.6 is 0 Å². The third kappa shape index (κ3) is 7.18. The Labute approximate surface area is 186 Å². The van der Waals surface area contributed by atoms with E-state index in [9.17, 15) is 15.0 Å². The molecule has 0 amide bonds. The zero-order chi connectivity index (χ0) is 22.2.